The monoisotopic (exact) mass is 431 g/mol. The molecule has 10 heteroatoms. The van der Waals surface area contributed by atoms with Crippen molar-refractivity contribution in [1.29, 1.82) is 0 Å². The average Bonchev–Trinajstić information content (AvgIpc) is 3.24. The van der Waals surface area contributed by atoms with Gasteiger partial charge in [0.1, 0.15) is 18.5 Å². The maximum absolute atomic E-state index is 12.6. The van der Waals surface area contributed by atoms with Crippen LogP contribution in [0.25, 0.3) is 5.69 Å². The van der Waals surface area contributed by atoms with Gasteiger partial charge in [-0.05, 0) is 30.3 Å². The number of hydrogen-bond donors (Lipinski definition) is 1. The highest BCUT2D eigenvalue weighted by Gasteiger charge is 2.20. The van der Waals surface area contributed by atoms with Gasteiger partial charge < -0.3 is 10.2 Å². The number of carbonyl (C=O) groups is 1. The number of nitrogens with one attached hydrogen (secondary N) is 1. The molecular formula is C19H19Cl2N7O. The minimum atomic E-state index is -0.105. The van der Waals surface area contributed by atoms with Crippen LogP contribution in [0.3, 0.4) is 0 Å². The number of rotatable bonds is 5. The molecule has 2 aromatic heterocycles. The Morgan fingerprint density at radius 1 is 1.07 bits per heavy atom. The van der Waals surface area contributed by atoms with Crippen LogP contribution in [-0.4, -0.2) is 63.3 Å². The molecular weight excluding hydrogens is 413 g/mol. The second kappa shape index (κ2) is 8.77. The van der Waals surface area contributed by atoms with Gasteiger partial charge in [0.2, 0.25) is 5.91 Å². The van der Waals surface area contributed by atoms with E-state index < -0.39 is 0 Å². The molecule has 1 amide bonds. The first-order valence-corrected chi connectivity index (χ1v) is 9.87. The number of carbonyl (C=O) groups excluding carboxylic acids is 1. The molecule has 29 heavy (non-hydrogen) atoms. The van der Waals surface area contributed by atoms with Crippen LogP contribution >= 0.6 is 23.2 Å². The summed E-state index contributed by atoms with van der Waals surface area (Å²) in [5.74, 6) is 0.793. The standard InChI is InChI=1S/C19H19Cl2N7O/c20-14-1-3-17(28-13-22-12-24-28)16(9-14)25-19(29)11-26-5-7-27(8-6-26)18-4-2-15(21)10-23-18/h1-4,9-10,12-13H,5-8,11H2,(H,25,29). The lowest BCUT2D eigenvalue weighted by Crippen LogP contribution is -2.48. The number of benzene rings is 1. The Balaban J connectivity index is 1.35. The number of aromatic nitrogens is 4. The fourth-order valence-electron chi connectivity index (χ4n) is 3.22. The lowest BCUT2D eigenvalue weighted by atomic mass is 10.2. The lowest BCUT2D eigenvalue weighted by molar-refractivity contribution is -0.117. The van der Waals surface area contributed by atoms with Gasteiger partial charge in [0, 0.05) is 37.4 Å². The van der Waals surface area contributed by atoms with Crippen molar-refractivity contribution >= 4 is 40.6 Å². The summed E-state index contributed by atoms with van der Waals surface area (Å²) in [6.07, 6.45) is 4.66. The largest absolute Gasteiger partial charge is 0.354 e. The zero-order chi connectivity index (χ0) is 20.2. The molecule has 150 valence electrons. The second-order valence-electron chi connectivity index (χ2n) is 6.65. The van der Waals surface area contributed by atoms with E-state index in [2.05, 4.69) is 30.2 Å². The van der Waals surface area contributed by atoms with E-state index in [4.69, 9.17) is 23.2 Å². The molecule has 1 N–H and O–H groups in total. The normalized spacial score (nSPS) is 14.8. The number of pyridine rings is 1. The van der Waals surface area contributed by atoms with Crippen molar-refractivity contribution in [2.45, 2.75) is 0 Å². The Morgan fingerprint density at radius 3 is 2.55 bits per heavy atom. The second-order valence-corrected chi connectivity index (χ2v) is 7.52. The molecule has 0 bridgehead atoms. The summed E-state index contributed by atoms with van der Waals surface area (Å²) in [6, 6.07) is 9.00. The van der Waals surface area contributed by atoms with Gasteiger partial charge in [-0.3, -0.25) is 9.69 Å². The molecule has 8 nitrogen and oxygen atoms in total. The predicted octanol–water partition coefficient (Wildman–Crippen LogP) is 2.73. The number of hydrogen-bond acceptors (Lipinski definition) is 6. The number of halogens is 2. The maximum atomic E-state index is 12.6. The van der Waals surface area contributed by atoms with Crippen LogP contribution in [0.4, 0.5) is 11.5 Å². The highest BCUT2D eigenvalue weighted by atomic mass is 35.5. The third kappa shape index (κ3) is 4.84. The third-order valence-electron chi connectivity index (χ3n) is 4.67. The van der Waals surface area contributed by atoms with E-state index in [-0.39, 0.29) is 5.91 Å². The quantitative estimate of drug-likeness (QED) is 0.668. The van der Waals surface area contributed by atoms with Crippen LogP contribution in [0.2, 0.25) is 10.0 Å². The van der Waals surface area contributed by atoms with Crippen LogP contribution in [0.5, 0.6) is 0 Å². The van der Waals surface area contributed by atoms with Crippen LogP contribution in [0, 0.1) is 0 Å². The number of nitrogens with zero attached hydrogens (tertiary/aromatic N) is 6. The van der Waals surface area contributed by atoms with Crippen molar-refractivity contribution in [2.75, 3.05) is 42.9 Å². The molecule has 3 aromatic rings. The number of anilines is 2. The Hall–Kier alpha value is -2.68. The first-order valence-electron chi connectivity index (χ1n) is 9.12. The molecule has 0 spiro atoms. The van der Waals surface area contributed by atoms with Crippen molar-refractivity contribution in [3.63, 3.8) is 0 Å². The lowest BCUT2D eigenvalue weighted by Gasteiger charge is -2.35. The van der Waals surface area contributed by atoms with Gasteiger partial charge in [-0.1, -0.05) is 23.2 Å². The van der Waals surface area contributed by atoms with Gasteiger partial charge in [-0.25, -0.2) is 14.6 Å². The smallest absolute Gasteiger partial charge is 0.238 e. The Morgan fingerprint density at radius 2 is 1.86 bits per heavy atom. The van der Waals surface area contributed by atoms with E-state index in [1.807, 2.05) is 12.1 Å². The van der Waals surface area contributed by atoms with Crippen molar-refractivity contribution in [1.82, 2.24) is 24.6 Å². The molecule has 0 unspecified atom stereocenters. The molecule has 1 fully saturated rings. The van der Waals surface area contributed by atoms with Crippen molar-refractivity contribution in [2.24, 2.45) is 0 Å². The van der Waals surface area contributed by atoms with Gasteiger partial charge in [-0.15, -0.1) is 0 Å². The molecule has 4 rings (SSSR count). The number of amides is 1. The van der Waals surface area contributed by atoms with Crippen LogP contribution in [-0.2, 0) is 4.79 Å². The molecule has 1 aliphatic heterocycles. The Labute approximate surface area is 178 Å². The Bertz CT molecular complexity index is 971. The molecule has 1 aromatic carbocycles. The molecule has 0 saturated carbocycles. The van der Waals surface area contributed by atoms with E-state index in [1.165, 1.54) is 6.33 Å². The highest BCUT2D eigenvalue weighted by molar-refractivity contribution is 6.31. The van der Waals surface area contributed by atoms with E-state index in [9.17, 15) is 4.79 Å². The molecule has 3 heterocycles. The first kappa shape index (κ1) is 19.6. The topological polar surface area (TPSA) is 79.2 Å². The van der Waals surface area contributed by atoms with E-state index in [1.54, 1.807) is 35.4 Å². The first-order chi connectivity index (χ1) is 14.1. The van der Waals surface area contributed by atoms with Crippen molar-refractivity contribution < 1.29 is 4.79 Å². The van der Waals surface area contributed by atoms with E-state index in [0.717, 1.165) is 32.0 Å². The summed E-state index contributed by atoms with van der Waals surface area (Å²) in [4.78, 5) is 25.2. The van der Waals surface area contributed by atoms with Crippen molar-refractivity contribution in [3.05, 3.63) is 59.2 Å². The van der Waals surface area contributed by atoms with E-state index in [0.29, 0.717) is 28.0 Å². The predicted molar refractivity (Wildman–Crippen MR) is 113 cm³/mol. The maximum Gasteiger partial charge on any atom is 0.238 e. The van der Waals surface area contributed by atoms with Crippen LogP contribution < -0.4 is 10.2 Å². The van der Waals surface area contributed by atoms with E-state index >= 15 is 0 Å². The number of piperazine rings is 1. The SMILES string of the molecule is O=C(CN1CCN(c2ccc(Cl)cn2)CC1)Nc1cc(Cl)ccc1-n1cncn1. The Kier molecular flexibility index (Phi) is 5.94. The summed E-state index contributed by atoms with van der Waals surface area (Å²) >= 11 is 12.0. The van der Waals surface area contributed by atoms with Gasteiger partial charge in [0.25, 0.3) is 0 Å². The van der Waals surface area contributed by atoms with Crippen molar-refractivity contribution in [3.8, 4) is 5.69 Å². The molecule has 0 atom stereocenters. The van der Waals surface area contributed by atoms with Gasteiger partial charge in [0.05, 0.1) is 22.9 Å². The molecule has 0 aliphatic carbocycles. The average molecular weight is 432 g/mol. The zero-order valence-corrected chi connectivity index (χ0v) is 17.0. The molecule has 0 radical (unpaired) electrons. The minimum absolute atomic E-state index is 0.105. The summed E-state index contributed by atoms with van der Waals surface area (Å²) in [6.45, 7) is 3.42. The molecule has 1 saturated heterocycles. The summed E-state index contributed by atoms with van der Waals surface area (Å²) in [5.41, 5.74) is 1.30. The van der Waals surface area contributed by atoms with Gasteiger partial charge in [-0.2, -0.15) is 5.10 Å². The van der Waals surface area contributed by atoms with Gasteiger partial charge >= 0.3 is 0 Å². The van der Waals surface area contributed by atoms with Gasteiger partial charge in [0.15, 0.2) is 0 Å². The highest BCUT2D eigenvalue weighted by Crippen LogP contribution is 2.24. The summed E-state index contributed by atoms with van der Waals surface area (Å²) in [7, 11) is 0. The zero-order valence-electron chi connectivity index (χ0n) is 15.5. The summed E-state index contributed by atoms with van der Waals surface area (Å²) < 4.78 is 1.59. The van der Waals surface area contributed by atoms with Crippen LogP contribution in [0.1, 0.15) is 0 Å². The minimum Gasteiger partial charge on any atom is -0.354 e. The van der Waals surface area contributed by atoms with Crippen LogP contribution in [0.15, 0.2) is 49.2 Å². The summed E-state index contributed by atoms with van der Waals surface area (Å²) in [5, 5.41) is 8.22. The third-order valence-corrected chi connectivity index (χ3v) is 5.13. The molecule has 1 aliphatic rings. The fourth-order valence-corrected chi connectivity index (χ4v) is 3.51. The fraction of sp³-hybridized carbons (Fsp3) is 0.263.